The number of β-amino-alcohol motifs (C(OH)–C–C–N with tert-alkyl or cyclic N) is 1. The summed E-state index contributed by atoms with van der Waals surface area (Å²) in [6.45, 7) is 8.95. The molecule has 0 bridgehead atoms. The average Bonchev–Trinajstić information content (AvgIpc) is 2.30. The number of aliphatic imine (C=N–C) groups is 1. The van der Waals surface area contributed by atoms with Crippen LogP contribution < -0.4 is 10.6 Å². The summed E-state index contributed by atoms with van der Waals surface area (Å²) in [4.78, 5) is 4.76. The number of hydrogen-bond acceptors (Lipinski definition) is 4. The van der Waals surface area contributed by atoms with E-state index >= 15 is 0 Å². The molecule has 0 saturated heterocycles. The minimum atomic E-state index is -0.548. The van der Waals surface area contributed by atoms with Crippen LogP contribution in [0.2, 0.25) is 0 Å². The third-order valence-electron chi connectivity index (χ3n) is 3.97. The van der Waals surface area contributed by atoms with Crippen molar-refractivity contribution in [2.45, 2.75) is 76.7 Å². The van der Waals surface area contributed by atoms with Crippen LogP contribution in [0.4, 0.5) is 0 Å². The first-order valence-electron chi connectivity index (χ1n) is 7.74. The zero-order valence-corrected chi connectivity index (χ0v) is 13.2. The molecule has 2 aliphatic rings. The Bertz CT molecular complexity index is 393. The molecule has 1 unspecified atom stereocenters. The maximum Gasteiger partial charge on any atom is 0.111 e. The van der Waals surface area contributed by atoms with Crippen molar-refractivity contribution < 1.29 is 5.11 Å². The van der Waals surface area contributed by atoms with Gasteiger partial charge in [0.05, 0.1) is 5.71 Å². The molecule has 114 valence electrons. The van der Waals surface area contributed by atoms with Crippen LogP contribution >= 0.6 is 0 Å². The van der Waals surface area contributed by atoms with Gasteiger partial charge in [0.25, 0.3) is 0 Å². The molecule has 4 heteroatoms. The molecular formula is C16H29N3O. The highest BCUT2D eigenvalue weighted by atomic mass is 16.3. The number of rotatable bonds is 5. The Morgan fingerprint density at radius 2 is 2.15 bits per heavy atom. The number of nitrogens with zero attached hydrogens (tertiary/aromatic N) is 1. The first-order valence-corrected chi connectivity index (χ1v) is 7.74. The van der Waals surface area contributed by atoms with E-state index in [9.17, 15) is 5.11 Å². The maximum absolute atomic E-state index is 10.3. The van der Waals surface area contributed by atoms with Crippen LogP contribution in [0.25, 0.3) is 0 Å². The molecule has 0 aromatic rings. The number of aliphatic hydroxyl groups excluding tert-OH is 1. The molecule has 1 aliphatic heterocycles. The number of dihydropyridines is 1. The lowest BCUT2D eigenvalue weighted by atomic mass is 9.90. The molecule has 20 heavy (non-hydrogen) atoms. The van der Waals surface area contributed by atoms with E-state index in [1.54, 1.807) is 0 Å². The highest BCUT2D eigenvalue weighted by Gasteiger charge is 2.31. The lowest BCUT2D eigenvalue weighted by Gasteiger charge is -2.38. The van der Waals surface area contributed by atoms with Crippen molar-refractivity contribution in [1.29, 1.82) is 0 Å². The normalized spacial score (nSPS) is 28.9. The second-order valence-corrected chi connectivity index (χ2v) is 7.34. The van der Waals surface area contributed by atoms with E-state index in [1.807, 2.05) is 6.08 Å². The summed E-state index contributed by atoms with van der Waals surface area (Å²) in [6.07, 6.45) is 8.24. The Balaban J connectivity index is 1.95. The number of aliphatic hydroxyl groups is 1. The Kier molecular flexibility index (Phi) is 4.67. The van der Waals surface area contributed by atoms with Crippen molar-refractivity contribution in [3.05, 3.63) is 12.2 Å². The van der Waals surface area contributed by atoms with Crippen LogP contribution in [0.5, 0.6) is 0 Å². The summed E-state index contributed by atoms with van der Waals surface area (Å²) in [5.41, 5.74) is 0.535. The fraction of sp³-hybridized carbons (Fsp3) is 0.812. The van der Waals surface area contributed by atoms with Gasteiger partial charge in [-0.1, -0.05) is 12.5 Å². The van der Waals surface area contributed by atoms with Crippen molar-refractivity contribution in [2.24, 2.45) is 4.99 Å². The molecule has 0 radical (unpaired) electrons. The second kappa shape index (κ2) is 5.96. The van der Waals surface area contributed by atoms with Crippen LogP contribution in [0.3, 0.4) is 0 Å². The van der Waals surface area contributed by atoms with Crippen molar-refractivity contribution in [3.63, 3.8) is 0 Å². The smallest absolute Gasteiger partial charge is 0.111 e. The zero-order valence-electron chi connectivity index (χ0n) is 13.2. The summed E-state index contributed by atoms with van der Waals surface area (Å²) >= 11 is 0. The molecule has 2 rings (SSSR count). The van der Waals surface area contributed by atoms with Gasteiger partial charge in [-0.25, -0.2) is 0 Å². The van der Waals surface area contributed by atoms with Crippen molar-refractivity contribution in [3.8, 4) is 0 Å². The van der Waals surface area contributed by atoms with Crippen molar-refractivity contribution in [2.75, 3.05) is 6.54 Å². The van der Waals surface area contributed by atoms with Crippen molar-refractivity contribution >= 4 is 5.71 Å². The maximum atomic E-state index is 10.3. The van der Waals surface area contributed by atoms with Gasteiger partial charge in [-0.05, 0) is 46.6 Å². The van der Waals surface area contributed by atoms with Gasteiger partial charge in [-0.2, -0.15) is 0 Å². The van der Waals surface area contributed by atoms with Gasteiger partial charge < -0.3 is 10.4 Å². The molecular weight excluding hydrogens is 250 g/mol. The summed E-state index contributed by atoms with van der Waals surface area (Å²) in [5, 5.41) is 17.2. The molecule has 1 heterocycles. The van der Waals surface area contributed by atoms with E-state index in [-0.39, 0.29) is 11.2 Å². The van der Waals surface area contributed by atoms with E-state index in [4.69, 9.17) is 4.99 Å². The standard InChI is InChI=1S/C16H29N3O/c1-15(2,3)17-11-14(20)13-9-6-10-16(4,19-13)18-12-7-5-8-12/h6,9,12,14,17-18,20H,5,7-8,10-11H2,1-4H3/t14-,16?/m1/s1. The summed E-state index contributed by atoms with van der Waals surface area (Å²) in [5.74, 6) is 0. The Hall–Kier alpha value is -0.710. The third-order valence-corrected chi connectivity index (χ3v) is 3.97. The van der Waals surface area contributed by atoms with Gasteiger partial charge in [-0.3, -0.25) is 10.3 Å². The van der Waals surface area contributed by atoms with E-state index < -0.39 is 6.10 Å². The van der Waals surface area contributed by atoms with Gasteiger partial charge in [0.1, 0.15) is 11.8 Å². The van der Waals surface area contributed by atoms with Crippen LogP contribution in [0, 0.1) is 0 Å². The van der Waals surface area contributed by atoms with Crippen LogP contribution in [0.1, 0.15) is 53.4 Å². The molecule has 1 fully saturated rings. The molecule has 0 amide bonds. The van der Waals surface area contributed by atoms with E-state index in [1.165, 1.54) is 19.3 Å². The number of hydrogen-bond donors (Lipinski definition) is 3. The van der Waals surface area contributed by atoms with Crippen LogP contribution in [0.15, 0.2) is 17.1 Å². The quantitative estimate of drug-likeness (QED) is 0.721. The van der Waals surface area contributed by atoms with Gasteiger partial charge in [0.15, 0.2) is 0 Å². The minimum absolute atomic E-state index is 0.00735. The zero-order chi connectivity index (χ0) is 14.8. The molecule has 4 nitrogen and oxygen atoms in total. The summed E-state index contributed by atoms with van der Waals surface area (Å²) < 4.78 is 0. The Morgan fingerprint density at radius 3 is 2.70 bits per heavy atom. The molecule has 3 N–H and O–H groups in total. The van der Waals surface area contributed by atoms with E-state index in [0.717, 1.165) is 12.1 Å². The highest BCUT2D eigenvalue weighted by molar-refractivity contribution is 5.99. The molecule has 0 aromatic heterocycles. The highest BCUT2D eigenvalue weighted by Crippen LogP contribution is 2.25. The molecule has 1 saturated carbocycles. The van der Waals surface area contributed by atoms with Gasteiger partial charge in [0.2, 0.25) is 0 Å². The third kappa shape index (κ3) is 4.40. The SMILES string of the molecule is CC(C)(C)NC[C@@H](O)C1=NC(C)(NC2CCC2)CC=C1. The van der Waals surface area contributed by atoms with Crippen LogP contribution in [-0.2, 0) is 0 Å². The van der Waals surface area contributed by atoms with Crippen molar-refractivity contribution in [1.82, 2.24) is 10.6 Å². The van der Waals surface area contributed by atoms with Gasteiger partial charge in [0, 0.05) is 24.5 Å². The largest absolute Gasteiger partial charge is 0.385 e. The predicted octanol–water partition coefficient (Wildman–Crippen LogP) is 1.99. The fourth-order valence-electron chi connectivity index (χ4n) is 2.55. The predicted molar refractivity (Wildman–Crippen MR) is 84.1 cm³/mol. The summed E-state index contributed by atoms with van der Waals surface area (Å²) in [7, 11) is 0. The fourth-order valence-corrected chi connectivity index (χ4v) is 2.55. The molecule has 0 spiro atoms. The topological polar surface area (TPSA) is 56.6 Å². The summed E-state index contributed by atoms with van der Waals surface area (Å²) in [6, 6.07) is 0.598. The average molecular weight is 279 g/mol. The first-order chi connectivity index (χ1) is 9.27. The van der Waals surface area contributed by atoms with Gasteiger partial charge in [-0.15, -0.1) is 0 Å². The Labute approximate surface area is 122 Å². The molecule has 1 aliphatic carbocycles. The van der Waals surface area contributed by atoms with E-state index in [0.29, 0.717) is 12.6 Å². The van der Waals surface area contributed by atoms with Gasteiger partial charge >= 0.3 is 0 Å². The monoisotopic (exact) mass is 279 g/mol. The van der Waals surface area contributed by atoms with Crippen LogP contribution in [-0.4, -0.2) is 40.7 Å². The number of nitrogens with one attached hydrogen (secondary N) is 2. The molecule has 0 aromatic carbocycles. The Morgan fingerprint density at radius 1 is 1.45 bits per heavy atom. The molecule has 2 atom stereocenters. The second-order valence-electron chi connectivity index (χ2n) is 7.34. The van der Waals surface area contributed by atoms with E-state index in [2.05, 4.69) is 44.4 Å². The lowest BCUT2D eigenvalue weighted by molar-refractivity contribution is 0.213. The first kappa shape index (κ1) is 15.7. The lowest BCUT2D eigenvalue weighted by Crippen LogP contribution is -2.51. The minimum Gasteiger partial charge on any atom is -0.385 e.